The van der Waals surface area contributed by atoms with Crippen LogP contribution in [-0.2, 0) is 4.43 Å². The molecule has 0 radical (unpaired) electrons. The summed E-state index contributed by atoms with van der Waals surface area (Å²) in [6, 6.07) is 21.9. The molecular formula is C25H36O2Si. The molecule has 2 nitrogen and oxygen atoms in total. The van der Waals surface area contributed by atoms with E-state index < -0.39 is 8.32 Å². The molecule has 152 valence electrons. The van der Waals surface area contributed by atoms with Crippen LogP contribution in [0.15, 0.2) is 60.7 Å². The molecule has 1 saturated carbocycles. The Morgan fingerprint density at radius 1 is 0.821 bits per heavy atom. The summed E-state index contributed by atoms with van der Waals surface area (Å²) in [7, 11) is -2.41. The van der Waals surface area contributed by atoms with Crippen molar-refractivity contribution in [1.29, 1.82) is 0 Å². The van der Waals surface area contributed by atoms with Crippen molar-refractivity contribution in [1.82, 2.24) is 0 Å². The average Bonchev–Trinajstić information content (AvgIpc) is 2.70. The van der Waals surface area contributed by atoms with Crippen molar-refractivity contribution in [3.05, 3.63) is 60.7 Å². The molecule has 0 aromatic heterocycles. The van der Waals surface area contributed by atoms with Crippen LogP contribution in [0.2, 0.25) is 5.04 Å². The summed E-state index contributed by atoms with van der Waals surface area (Å²) in [5.74, 6) is 1.34. The van der Waals surface area contributed by atoms with Gasteiger partial charge in [-0.2, -0.15) is 0 Å². The van der Waals surface area contributed by atoms with E-state index in [4.69, 9.17) is 4.43 Å². The van der Waals surface area contributed by atoms with E-state index in [0.717, 1.165) is 13.0 Å². The van der Waals surface area contributed by atoms with E-state index in [1.807, 2.05) is 0 Å². The monoisotopic (exact) mass is 396 g/mol. The molecule has 3 rings (SSSR count). The number of aliphatic hydroxyl groups excluding tert-OH is 1. The average molecular weight is 397 g/mol. The third-order valence-electron chi connectivity index (χ3n) is 6.46. The van der Waals surface area contributed by atoms with E-state index in [9.17, 15) is 5.11 Å². The topological polar surface area (TPSA) is 29.5 Å². The first-order chi connectivity index (χ1) is 13.5. The Morgan fingerprint density at radius 3 is 1.71 bits per heavy atom. The summed E-state index contributed by atoms with van der Waals surface area (Å²) >= 11 is 0. The van der Waals surface area contributed by atoms with Gasteiger partial charge in [-0.1, -0.05) is 94.3 Å². The van der Waals surface area contributed by atoms with E-state index in [0.29, 0.717) is 18.4 Å². The molecule has 2 aromatic rings. The summed E-state index contributed by atoms with van der Waals surface area (Å²) in [4.78, 5) is 0. The van der Waals surface area contributed by atoms with Crippen LogP contribution in [0, 0.1) is 11.8 Å². The van der Waals surface area contributed by atoms with Crippen molar-refractivity contribution < 1.29 is 9.53 Å². The smallest absolute Gasteiger partial charge is 0.261 e. The first kappa shape index (κ1) is 21.3. The third kappa shape index (κ3) is 4.59. The maximum atomic E-state index is 9.22. The molecule has 2 aromatic carbocycles. The predicted molar refractivity (Wildman–Crippen MR) is 121 cm³/mol. The normalized spacial score (nSPS) is 20.9. The van der Waals surface area contributed by atoms with Crippen LogP contribution >= 0.6 is 0 Å². The zero-order valence-corrected chi connectivity index (χ0v) is 18.7. The van der Waals surface area contributed by atoms with E-state index >= 15 is 0 Å². The van der Waals surface area contributed by atoms with E-state index in [1.165, 1.54) is 36.1 Å². The minimum absolute atomic E-state index is 0.0454. The highest BCUT2D eigenvalue weighted by Crippen LogP contribution is 2.38. The number of benzene rings is 2. The number of aliphatic hydroxyl groups is 1. The van der Waals surface area contributed by atoms with Gasteiger partial charge in [0, 0.05) is 13.2 Å². The molecule has 0 atom stereocenters. The molecule has 1 fully saturated rings. The maximum absolute atomic E-state index is 9.22. The summed E-state index contributed by atoms with van der Waals surface area (Å²) in [6.07, 6.45) is 5.87. The Labute approximate surface area is 172 Å². The van der Waals surface area contributed by atoms with E-state index in [1.54, 1.807) is 0 Å². The molecule has 0 heterocycles. The maximum Gasteiger partial charge on any atom is 0.261 e. The highest BCUT2D eigenvalue weighted by molar-refractivity contribution is 6.99. The van der Waals surface area contributed by atoms with Gasteiger partial charge in [-0.05, 0) is 46.5 Å². The Balaban J connectivity index is 1.87. The molecular weight excluding hydrogens is 360 g/mol. The molecule has 3 heteroatoms. The number of hydrogen-bond acceptors (Lipinski definition) is 2. The molecule has 0 unspecified atom stereocenters. The van der Waals surface area contributed by atoms with Gasteiger partial charge in [-0.15, -0.1) is 0 Å². The van der Waals surface area contributed by atoms with Crippen LogP contribution < -0.4 is 10.4 Å². The second-order valence-electron chi connectivity index (χ2n) is 9.37. The van der Waals surface area contributed by atoms with Crippen LogP contribution in [0.4, 0.5) is 0 Å². The summed E-state index contributed by atoms with van der Waals surface area (Å²) in [6.45, 7) is 8.21. The van der Waals surface area contributed by atoms with Gasteiger partial charge in [-0.3, -0.25) is 0 Å². The lowest BCUT2D eigenvalue weighted by Gasteiger charge is -2.44. The van der Waals surface area contributed by atoms with Gasteiger partial charge in [0.2, 0.25) is 0 Å². The van der Waals surface area contributed by atoms with Crippen molar-refractivity contribution in [3.8, 4) is 0 Å². The number of hydrogen-bond donors (Lipinski definition) is 1. The molecule has 0 aliphatic heterocycles. The minimum atomic E-state index is -2.41. The van der Waals surface area contributed by atoms with Crippen LogP contribution in [0.3, 0.4) is 0 Å². The fourth-order valence-corrected chi connectivity index (χ4v) is 9.52. The van der Waals surface area contributed by atoms with Crippen molar-refractivity contribution in [3.63, 3.8) is 0 Å². The lowest BCUT2D eigenvalue weighted by Crippen LogP contribution is -2.66. The standard InChI is InChI=1S/C25H36O2Si/c1-25(2,3)28(23-10-6-4-7-11-23,24-12-8-5-9-13-24)27-20-22-16-14-21(15-17-22)18-19-26/h4-13,21-22,26H,14-20H2,1-3H3. The van der Waals surface area contributed by atoms with Crippen molar-refractivity contribution >= 4 is 18.7 Å². The SMILES string of the molecule is CC(C)(C)[Si](OCC1CCC(CCO)CC1)(c1ccccc1)c1ccccc1. The Bertz CT molecular complexity index is 661. The van der Waals surface area contributed by atoms with Gasteiger partial charge in [0.15, 0.2) is 0 Å². The predicted octanol–water partition coefficient (Wildman–Crippen LogP) is 4.75. The van der Waals surface area contributed by atoms with Gasteiger partial charge in [-0.25, -0.2) is 0 Å². The molecule has 1 aliphatic rings. The van der Waals surface area contributed by atoms with Gasteiger partial charge < -0.3 is 9.53 Å². The zero-order valence-electron chi connectivity index (χ0n) is 17.7. The Hall–Kier alpha value is -1.42. The first-order valence-electron chi connectivity index (χ1n) is 10.8. The summed E-state index contributed by atoms with van der Waals surface area (Å²) < 4.78 is 7.09. The van der Waals surface area contributed by atoms with Crippen LogP contribution in [0.1, 0.15) is 52.9 Å². The zero-order chi connectivity index (χ0) is 20.0. The van der Waals surface area contributed by atoms with Crippen molar-refractivity contribution in [2.75, 3.05) is 13.2 Å². The summed E-state index contributed by atoms with van der Waals surface area (Å²) in [5, 5.41) is 12.0. The number of rotatable bonds is 7. The highest BCUT2D eigenvalue weighted by Gasteiger charge is 2.50. The van der Waals surface area contributed by atoms with Crippen molar-refractivity contribution in [2.24, 2.45) is 11.8 Å². The third-order valence-corrected chi connectivity index (χ3v) is 11.5. The fourth-order valence-electron chi connectivity index (χ4n) is 4.87. The van der Waals surface area contributed by atoms with Gasteiger partial charge in [0.25, 0.3) is 8.32 Å². The molecule has 0 bridgehead atoms. The second-order valence-corrected chi connectivity index (χ2v) is 13.7. The molecule has 0 amide bonds. The lowest BCUT2D eigenvalue weighted by atomic mass is 9.81. The van der Waals surface area contributed by atoms with Gasteiger partial charge in [0.1, 0.15) is 0 Å². The van der Waals surface area contributed by atoms with Gasteiger partial charge in [0.05, 0.1) is 0 Å². The van der Waals surface area contributed by atoms with E-state index in [2.05, 4.69) is 81.4 Å². The minimum Gasteiger partial charge on any atom is -0.407 e. The van der Waals surface area contributed by atoms with Crippen molar-refractivity contribution in [2.45, 2.75) is 57.9 Å². The highest BCUT2D eigenvalue weighted by atomic mass is 28.4. The largest absolute Gasteiger partial charge is 0.407 e. The molecule has 28 heavy (non-hydrogen) atoms. The van der Waals surface area contributed by atoms with E-state index in [-0.39, 0.29) is 5.04 Å². The quantitative estimate of drug-likeness (QED) is 0.684. The Kier molecular flexibility index (Phi) is 7.13. The first-order valence-corrected chi connectivity index (χ1v) is 12.7. The van der Waals surface area contributed by atoms with Crippen LogP contribution in [0.5, 0.6) is 0 Å². The fraction of sp³-hybridized carbons (Fsp3) is 0.520. The Morgan fingerprint density at radius 2 is 1.29 bits per heavy atom. The molecule has 0 spiro atoms. The van der Waals surface area contributed by atoms with Crippen LogP contribution in [0.25, 0.3) is 0 Å². The molecule has 0 saturated heterocycles. The summed E-state index contributed by atoms with van der Waals surface area (Å²) in [5.41, 5.74) is 0. The van der Waals surface area contributed by atoms with Gasteiger partial charge >= 0.3 is 0 Å². The molecule has 1 N–H and O–H groups in total. The lowest BCUT2D eigenvalue weighted by molar-refractivity contribution is 0.158. The van der Waals surface area contributed by atoms with Crippen LogP contribution in [-0.4, -0.2) is 26.6 Å². The second kappa shape index (κ2) is 9.38. The molecule has 1 aliphatic carbocycles.